The van der Waals surface area contributed by atoms with Gasteiger partial charge in [-0.15, -0.1) is 0 Å². The van der Waals surface area contributed by atoms with Gasteiger partial charge >= 0.3 is 11.9 Å². The third-order valence-electron chi connectivity index (χ3n) is 4.76. The Morgan fingerprint density at radius 3 is 1.46 bits per heavy atom. The molecule has 1 aliphatic rings. The largest absolute Gasteiger partial charge is 0.481 e. The van der Waals surface area contributed by atoms with E-state index >= 15 is 0 Å². The summed E-state index contributed by atoms with van der Waals surface area (Å²) in [5.74, 6) is -1.71. The van der Waals surface area contributed by atoms with Crippen LogP contribution in [0.5, 0.6) is 17.2 Å². The van der Waals surface area contributed by atoms with E-state index in [-0.39, 0.29) is 5.91 Å². The number of anilines is 1. The van der Waals surface area contributed by atoms with Crippen molar-refractivity contribution in [2.75, 3.05) is 5.32 Å². The average Bonchev–Trinajstić information content (AvgIpc) is 2.83. The van der Waals surface area contributed by atoms with Gasteiger partial charge in [-0.25, -0.2) is 0 Å². The first-order valence-corrected chi connectivity index (χ1v) is 11.4. The van der Waals surface area contributed by atoms with Gasteiger partial charge in [-0.05, 0) is 36.4 Å². The summed E-state index contributed by atoms with van der Waals surface area (Å²) in [6.45, 7) is 4.80. The van der Waals surface area contributed by atoms with Crippen LogP contribution in [0.3, 0.4) is 0 Å². The Hall–Kier alpha value is -5.19. The van der Waals surface area contributed by atoms with Crippen LogP contribution in [0, 0.1) is 0 Å². The van der Waals surface area contributed by atoms with Crippen LogP contribution in [0.4, 0.5) is 5.69 Å². The number of carboxylic acid groups (broad SMARTS) is 2. The topological polar surface area (TPSA) is 166 Å². The Kier molecular flexibility index (Phi) is 10.3. The summed E-state index contributed by atoms with van der Waals surface area (Å²) in [5.41, 5.74) is 0.139. The van der Waals surface area contributed by atoms with Crippen LogP contribution in [0.25, 0.3) is 0 Å². The number of hydrogen-bond donors (Lipinski definition) is 3. The number of hydrogen-bond acceptors (Lipinski definition) is 8. The molecule has 3 aromatic rings. The van der Waals surface area contributed by atoms with Crippen molar-refractivity contribution in [3.63, 3.8) is 0 Å². The lowest BCUT2D eigenvalue weighted by Gasteiger charge is -2.38. The van der Waals surface area contributed by atoms with E-state index in [9.17, 15) is 14.4 Å². The number of fused-ring (bicyclic) bond motifs is 1. The van der Waals surface area contributed by atoms with E-state index in [0.717, 1.165) is 13.8 Å². The molecule has 0 radical (unpaired) electrons. The molecular formula is C28H27NO10. The lowest BCUT2D eigenvalue weighted by atomic mass is 9.84. The Morgan fingerprint density at radius 1 is 0.692 bits per heavy atom. The number of benzene rings is 3. The molecule has 0 saturated heterocycles. The highest BCUT2D eigenvalue weighted by molar-refractivity contribution is 6.03. The van der Waals surface area contributed by atoms with Crippen molar-refractivity contribution in [1.29, 1.82) is 0 Å². The Balaban J connectivity index is 0.000000590. The molecule has 1 aliphatic heterocycles. The summed E-state index contributed by atoms with van der Waals surface area (Å²) in [7, 11) is 0. The first kappa shape index (κ1) is 30.0. The molecule has 0 atom stereocenters. The van der Waals surface area contributed by atoms with Gasteiger partial charge in [-0.3, -0.25) is 24.0 Å². The minimum atomic E-state index is -1.50. The number of carbonyl (C=O) groups is 5. The van der Waals surface area contributed by atoms with Crippen molar-refractivity contribution in [2.24, 2.45) is 0 Å². The maximum Gasteiger partial charge on any atom is 0.308 e. The number of aliphatic carboxylic acids is 2. The fourth-order valence-electron chi connectivity index (χ4n) is 3.47. The first-order valence-electron chi connectivity index (χ1n) is 11.4. The van der Waals surface area contributed by atoms with Crippen molar-refractivity contribution in [2.45, 2.75) is 33.3 Å². The number of nitrogens with one attached hydrogen (secondary N) is 1. The van der Waals surface area contributed by atoms with Gasteiger partial charge in [0.25, 0.3) is 17.8 Å². The number of carbonyl (C=O) groups excluding carboxylic acids is 3. The zero-order valence-electron chi connectivity index (χ0n) is 21.6. The summed E-state index contributed by atoms with van der Waals surface area (Å²) < 4.78 is 16.5. The fraction of sp³-hybridized carbons (Fsp3) is 0.179. The minimum absolute atomic E-state index is 0.355. The molecule has 204 valence electrons. The normalized spacial score (nSPS) is 12.4. The predicted octanol–water partition coefficient (Wildman–Crippen LogP) is 3.99. The van der Waals surface area contributed by atoms with E-state index in [1.807, 2.05) is 6.07 Å². The molecule has 0 aromatic heterocycles. The van der Waals surface area contributed by atoms with Crippen LogP contribution < -0.4 is 19.5 Å². The van der Waals surface area contributed by atoms with Gasteiger partial charge in [0.1, 0.15) is 17.2 Å². The molecule has 1 heterocycles. The Morgan fingerprint density at radius 2 is 1.08 bits per heavy atom. The van der Waals surface area contributed by atoms with E-state index in [1.54, 1.807) is 66.7 Å². The maximum atomic E-state index is 13.4. The molecule has 11 heteroatoms. The van der Waals surface area contributed by atoms with Crippen molar-refractivity contribution < 1.29 is 48.4 Å². The highest BCUT2D eigenvalue weighted by Gasteiger charge is 2.48. The number of carboxylic acids is 2. The summed E-state index contributed by atoms with van der Waals surface area (Å²) in [5, 5.41) is 17.7. The van der Waals surface area contributed by atoms with Gasteiger partial charge in [-0.2, -0.15) is 0 Å². The summed E-state index contributed by atoms with van der Waals surface area (Å²) in [4.78, 5) is 53.9. The second-order valence-electron chi connectivity index (χ2n) is 8.01. The molecule has 0 aliphatic carbocycles. The highest BCUT2D eigenvalue weighted by Crippen LogP contribution is 2.43. The molecule has 4 rings (SSSR count). The van der Waals surface area contributed by atoms with Crippen molar-refractivity contribution in [3.05, 3.63) is 83.9 Å². The van der Waals surface area contributed by atoms with Gasteiger partial charge < -0.3 is 29.7 Å². The minimum Gasteiger partial charge on any atom is -0.481 e. The average molecular weight is 538 g/mol. The lowest BCUT2D eigenvalue weighted by Crippen LogP contribution is -2.49. The molecule has 0 saturated carbocycles. The molecule has 3 aromatic carbocycles. The number of rotatable bonds is 4. The van der Waals surface area contributed by atoms with Crippen LogP contribution in [-0.2, 0) is 29.6 Å². The molecule has 11 nitrogen and oxygen atoms in total. The van der Waals surface area contributed by atoms with E-state index in [0.29, 0.717) is 34.1 Å². The van der Waals surface area contributed by atoms with E-state index in [4.69, 9.17) is 34.0 Å². The number of ether oxygens (including phenoxy) is 3. The highest BCUT2D eigenvalue weighted by atomic mass is 16.5. The van der Waals surface area contributed by atoms with Crippen LogP contribution in [-0.4, -0.2) is 40.0 Å². The van der Waals surface area contributed by atoms with E-state index in [1.165, 1.54) is 13.8 Å². The zero-order chi connectivity index (χ0) is 29.2. The fourth-order valence-corrected chi connectivity index (χ4v) is 3.47. The summed E-state index contributed by atoms with van der Waals surface area (Å²) in [6.07, 6.45) is 0. The van der Waals surface area contributed by atoms with Crippen LogP contribution in [0.1, 0.15) is 38.8 Å². The Labute approximate surface area is 223 Å². The molecule has 0 bridgehead atoms. The second kappa shape index (κ2) is 13.4. The van der Waals surface area contributed by atoms with Gasteiger partial charge in [0, 0.05) is 38.8 Å². The standard InChI is InChI=1S/C24H19NO6.2C2H4O2/c1-15(26)29-19-11-7-17(8-12-19)24(18-9-13-20(14-10-18)30-16(2)27)23(28)25-21-5-3-4-6-22(21)31-24;2*1-2(3)4/h3-14H,1-2H3,(H,25,28);2*1H3,(H,3,4). The zero-order valence-corrected chi connectivity index (χ0v) is 21.6. The molecule has 0 spiro atoms. The third-order valence-corrected chi connectivity index (χ3v) is 4.76. The van der Waals surface area contributed by atoms with Crippen LogP contribution in [0.2, 0.25) is 0 Å². The first-order chi connectivity index (χ1) is 18.3. The van der Waals surface area contributed by atoms with Gasteiger partial charge in [0.15, 0.2) is 0 Å². The molecular weight excluding hydrogens is 510 g/mol. The number of esters is 2. The van der Waals surface area contributed by atoms with Crippen LogP contribution in [0.15, 0.2) is 72.8 Å². The third kappa shape index (κ3) is 8.42. The monoisotopic (exact) mass is 537 g/mol. The lowest BCUT2D eigenvalue weighted by molar-refractivity contribution is -0.135. The maximum absolute atomic E-state index is 13.4. The summed E-state index contributed by atoms with van der Waals surface area (Å²) in [6, 6.07) is 20.2. The quantitative estimate of drug-likeness (QED) is 0.327. The molecule has 0 fully saturated rings. The van der Waals surface area contributed by atoms with Crippen molar-refractivity contribution in [1.82, 2.24) is 0 Å². The molecule has 0 unspecified atom stereocenters. The van der Waals surface area contributed by atoms with E-state index in [2.05, 4.69) is 5.32 Å². The predicted molar refractivity (Wildman–Crippen MR) is 139 cm³/mol. The SMILES string of the molecule is CC(=O)O.CC(=O)O.CC(=O)Oc1ccc(C2(c3ccc(OC(C)=O)cc3)Oc3ccccc3NC2=O)cc1. The smallest absolute Gasteiger partial charge is 0.308 e. The van der Waals surface area contributed by atoms with Gasteiger partial charge in [0.2, 0.25) is 5.60 Å². The van der Waals surface area contributed by atoms with Crippen LogP contribution >= 0.6 is 0 Å². The Bertz CT molecular complexity index is 1270. The van der Waals surface area contributed by atoms with E-state index < -0.39 is 29.5 Å². The van der Waals surface area contributed by atoms with Gasteiger partial charge in [-0.1, -0.05) is 36.4 Å². The van der Waals surface area contributed by atoms with Gasteiger partial charge in [0.05, 0.1) is 5.69 Å². The number of para-hydroxylation sites is 2. The van der Waals surface area contributed by atoms with Crippen molar-refractivity contribution >= 4 is 35.5 Å². The molecule has 39 heavy (non-hydrogen) atoms. The molecule has 1 amide bonds. The number of amides is 1. The van der Waals surface area contributed by atoms with Crippen molar-refractivity contribution in [3.8, 4) is 17.2 Å². The summed E-state index contributed by atoms with van der Waals surface area (Å²) >= 11 is 0. The molecule has 3 N–H and O–H groups in total. The second-order valence-corrected chi connectivity index (χ2v) is 8.01.